The van der Waals surface area contributed by atoms with Crippen LogP contribution in [-0.2, 0) is 5.41 Å². The number of benzene rings is 1. The van der Waals surface area contributed by atoms with Gasteiger partial charge in [0.2, 0.25) is 0 Å². The smallest absolute Gasteiger partial charge is 0.0848 e. The third kappa shape index (κ3) is 3.82. The SMILES string of the molecule is Cc1ccccc1[C@](C#N)(CCCNCCO)C(C)C. The van der Waals surface area contributed by atoms with Crippen molar-refractivity contribution in [3.8, 4) is 6.07 Å². The second kappa shape index (κ2) is 8.04. The molecule has 1 aromatic carbocycles. The van der Waals surface area contributed by atoms with Crippen LogP contribution in [0.5, 0.6) is 0 Å². The van der Waals surface area contributed by atoms with Gasteiger partial charge >= 0.3 is 0 Å². The van der Waals surface area contributed by atoms with Crippen LogP contribution in [0.2, 0.25) is 0 Å². The number of hydrogen-bond donors (Lipinski definition) is 2. The van der Waals surface area contributed by atoms with Crippen LogP contribution in [0.15, 0.2) is 24.3 Å². The van der Waals surface area contributed by atoms with Gasteiger partial charge in [-0.1, -0.05) is 38.1 Å². The van der Waals surface area contributed by atoms with Crippen LogP contribution >= 0.6 is 0 Å². The number of aliphatic hydroxyl groups excluding tert-OH is 1. The molecule has 0 aliphatic rings. The lowest BCUT2D eigenvalue weighted by atomic mass is 9.68. The summed E-state index contributed by atoms with van der Waals surface area (Å²) in [5.74, 6) is 0.270. The molecule has 1 aromatic rings. The minimum atomic E-state index is -0.424. The Balaban J connectivity index is 2.88. The van der Waals surface area contributed by atoms with E-state index < -0.39 is 5.41 Å². The lowest BCUT2D eigenvalue weighted by molar-refractivity contribution is 0.289. The summed E-state index contributed by atoms with van der Waals surface area (Å²) in [7, 11) is 0. The zero-order valence-corrected chi connectivity index (χ0v) is 12.8. The molecule has 0 saturated carbocycles. The molecule has 0 amide bonds. The quantitative estimate of drug-likeness (QED) is 0.717. The third-order valence-corrected chi connectivity index (χ3v) is 4.02. The molecule has 2 N–H and O–H groups in total. The monoisotopic (exact) mass is 274 g/mol. The number of nitrogens with zero attached hydrogens (tertiary/aromatic N) is 1. The molecule has 20 heavy (non-hydrogen) atoms. The first-order valence-electron chi connectivity index (χ1n) is 7.37. The molecule has 0 aromatic heterocycles. The van der Waals surface area contributed by atoms with E-state index in [0.717, 1.165) is 24.9 Å². The Morgan fingerprint density at radius 2 is 2.00 bits per heavy atom. The molecule has 0 saturated heterocycles. The normalized spacial score (nSPS) is 14.0. The summed E-state index contributed by atoms with van der Waals surface area (Å²) in [6, 6.07) is 10.8. The molecule has 110 valence electrons. The zero-order chi connectivity index (χ0) is 15.0. The van der Waals surface area contributed by atoms with Crippen molar-refractivity contribution in [2.75, 3.05) is 19.7 Å². The molecule has 0 aliphatic carbocycles. The van der Waals surface area contributed by atoms with Crippen molar-refractivity contribution in [1.29, 1.82) is 5.26 Å². The van der Waals surface area contributed by atoms with E-state index in [1.807, 2.05) is 12.1 Å². The number of hydrogen-bond acceptors (Lipinski definition) is 3. The Labute approximate surface area is 122 Å². The highest BCUT2D eigenvalue weighted by Crippen LogP contribution is 2.37. The number of rotatable bonds is 8. The third-order valence-electron chi connectivity index (χ3n) is 4.02. The van der Waals surface area contributed by atoms with Gasteiger partial charge in [-0.15, -0.1) is 0 Å². The fraction of sp³-hybridized carbons (Fsp3) is 0.588. The van der Waals surface area contributed by atoms with E-state index in [0.29, 0.717) is 6.54 Å². The molecule has 1 atom stereocenters. The van der Waals surface area contributed by atoms with E-state index in [2.05, 4.69) is 44.3 Å². The molecule has 0 bridgehead atoms. The highest BCUT2D eigenvalue weighted by atomic mass is 16.3. The summed E-state index contributed by atoms with van der Waals surface area (Å²) in [5.41, 5.74) is 1.91. The first-order chi connectivity index (χ1) is 9.58. The van der Waals surface area contributed by atoms with E-state index >= 15 is 0 Å². The highest BCUT2D eigenvalue weighted by Gasteiger charge is 2.36. The van der Waals surface area contributed by atoms with Gasteiger partial charge in [-0.3, -0.25) is 0 Å². The summed E-state index contributed by atoms with van der Waals surface area (Å²) in [6.07, 6.45) is 1.77. The van der Waals surface area contributed by atoms with E-state index in [1.165, 1.54) is 5.56 Å². The molecular weight excluding hydrogens is 248 g/mol. The Morgan fingerprint density at radius 1 is 1.30 bits per heavy atom. The van der Waals surface area contributed by atoms with Crippen molar-refractivity contribution in [3.05, 3.63) is 35.4 Å². The molecule has 0 aliphatic heterocycles. The Morgan fingerprint density at radius 3 is 2.55 bits per heavy atom. The first kappa shape index (κ1) is 16.7. The van der Waals surface area contributed by atoms with Crippen LogP contribution < -0.4 is 5.32 Å². The van der Waals surface area contributed by atoms with E-state index in [9.17, 15) is 5.26 Å². The Kier molecular flexibility index (Phi) is 6.70. The predicted molar refractivity (Wildman–Crippen MR) is 82.5 cm³/mol. The van der Waals surface area contributed by atoms with Gasteiger partial charge < -0.3 is 10.4 Å². The minimum Gasteiger partial charge on any atom is -0.395 e. The standard InChI is InChI=1S/C17H26N2O/c1-14(2)17(13-18,9-6-10-19-11-12-20)16-8-5-4-7-15(16)3/h4-5,7-8,14,19-20H,6,9-12H2,1-3H3/t17-/m0/s1. The summed E-state index contributed by atoms with van der Waals surface area (Å²) < 4.78 is 0. The average molecular weight is 274 g/mol. The number of nitriles is 1. The van der Waals surface area contributed by atoms with Crippen LogP contribution in [0.25, 0.3) is 0 Å². The molecular formula is C17H26N2O. The fourth-order valence-electron chi connectivity index (χ4n) is 2.75. The molecule has 0 radical (unpaired) electrons. The van der Waals surface area contributed by atoms with Crippen molar-refractivity contribution in [2.24, 2.45) is 5.92 Å². The molecule has 0 spiro atoms. The van der Waals surface area contributed by atoms with Crippen molar-refractivity contribution < 1.29 is 5.11 Å². The lowest BCUT2D eigenvalue weighted by Crippen LogP contribution is -2.33. The molecule has 0 heterocycles. The van der Waals surface area contributed by atoms with Crippen LogP contribution in [0, 0.1) is 24.2 Å². The topological polar surface area (TPSA) is 56.0 Å². The van der Waals surface area contributed by atoms with Gasteiger partial charge in [-0.25, -0.2) is 0 Å². The van der Waals surface area contributed by atoms with Gasteiger partial charge in [0.15, 0.2) is 0 Å². The Hall–Kier alpha value is -1.37. The van der Waals surface area contributed by atoms with E-state index in [1.54, 1.807) is 0 Å². The lowest BCUT2D eigenvalue weighted by Gasteiger charge is -2.33. The predicted octanol–water partition coefficient (Wildman–Crippen LogP) is 2.77. The maximum atomic E-state index is 9.82. The van der Waals surface area contributed by atoms with Crippen molar-refractivity contribution in [3.63, 3.8) is 0 Å². The fourth-order valence-corrected chi connectivity index (χ4v) is 2.75. The van der Waals surface area contributed by atoms with Crippen LogP contribution in [0.1, 0.15) is 37.8 Å². The molecule has 3 nitrogen and oxygen atoms in total. The molecule has 0 fully saturated rings. The second-order valence-corrected chi connectivity index (χ2v) is 5.63. The van der Waals surface area contributed by atoms with Gasteiger partial charge in [-0.05, 0) is 43.4 Å². The van der Waals surface area contributed by atoms with Gasteiger partial charge in [0, 0.05) is 6.54 Å². The second-order valence-electron chi connectivity index (χ2n) is 5.63. The minimum absolute atomic E-state index is 0.158. The van der Waals surface area contributed by atoms with Gasteiger partial charge in [0.05, 0.1) is 18.1 Å². The van der Waals surface area contributed by atoms with E-state index in [4.69, 9.17) is 5.11 Å². The highest BCUT2D eigenvalue weighted by molar-refractivity contribution is 5.39. The van der Waals surface area contributed by atoms with Gasteiger partial charge in [-0.2, -0.15) is 5.26 Å². The molecule has 1 rings (SSSR count). The van der Waals surface area contributed by atoms with Crippen molar-refractivity contribution in [2.45, 2.75) is 39.0 Å². The summed E-state index contributed by atoms with van der Waals surface area (Å²) in [5, 5.41) is 21.8. The Bertz CT molecular complexity index is 451. The summed E-state index contributed by atoms with van der Waals surface area (Å²) in [4.78, 5) is 0. The maximum absolute atomic E-state index is 9.82. The van der Waals surface area contributed by atoms with Crippen LogP contribution in [0.4, 0.5) is 0 Å². The molecule has 3 heteroatoms. The number of nitrogens with one attached hydrogen (secondary N) is 1. The van der Waals surface area contributed by atoms with Crippen molar-refractivity contribution in [1.82, 2.24) is 5.32 Å². The molecule has 0 unspecified atom stereocenters. The zero-order valence-electron chi connectivity index (χ0n) is 12.8. The summed E-state index contributed by atoms with van der Waals surface area (Å²) in [6.45, 7) is 7.93. The van der Waals surface area contributed by atoms with Gasteiger partial charge in [0.25, 0.3) is 0 Å². The van der Waals surface area contributed by atoms with Crippen LogP contribution in [0.3, 0.4) is 0 Å². The van der Waals surface area contributed by atoms with Gasteiger partial charge in [0.1, 0.15) is 0 Å². The maximum Gasteiger partial charge on any atom is 0.0848 e. The first-order valence-corrected chi connectivity index (χ1v) is 7.37. The summed E-state index contributed by atoms with van der Waals surface area (Å²) >= 11 is 0. The number of aliphatic hydroxyl groups is 1. The largest absolute Gasteiger partial charge is 0.395 e. The van der Waals surface area contributed by atoms with Crippen LogP contribution in [-0.4, -0.2) is 24.8 Å². The van der Waals surface area contributed by atoms with Crippen molar-refractivity contribution >= 4 is 0 Å². The average Bonchev–Trinajstić information content (AvgIpc) is 2.44. The van der Waals surface area contributed by atoms with E-state index in [-0.39, 0.29) is 12.5 Å². The number of aryl methyl sites for hydroxylation is 1.